The van der Waals surface area contributed by atoms with Crippen LogP contribution in [0.4, 0.5) is 0 Å². The van der Waals surface area contributed by atoms with Gasteiger partial charge in [0.1, 0.15) is 18.3 Å². The molecule has 5 unspecified atom stereocenters. The molecule has 17 atom stereocenters. The molecule has 14 heteroatoms. The van der Waals surface area contributed by atoms with E-state index in [1.54, 1.807) is 0 Å². The first-order valence-corrected chi connectivity index (χ1v) is 18.9. The molecular weight excluding hydrogens is 648 g/mol. The van der Waals surface area contributed by atoms with Crippen LogP contribution in [0.15, 0.2) is 12.2 Å². The Balaban J connectivity index is 1.18. The van der Waals surface area contributed by atoms with Crippen molar-refractivity contribution in [2.45, 2.75) is 134 Å². The van der Waals surface area contributed by atoms with Crippen molar-refractivity contribution in [3.8, 4) is 0 Å². The predicted molar refractivity (Wildman–Crippen MR) is 172 cm³/mol. The number of aliphatic hydroxyl groups excluding tert-OH is 5. The third kappa shape index (κ3) is 6.79. The lowest BCUT2D eigenvalue weighted by molar-refractivity contribution is -0.280. The lowest BCUT2D eigenvalue weighted by atomic mass is 9.41. The van der Waals surface area contributed by atoms with Gasteiger partial charge in [0, 0.05) is 31.3 Å². The zero-order valence-electron chi connectivity index (χ0n) is 28.8. The second-order valence-corrected chi connectivity index (χ2v) is 17.3. The highest BCUT2D eigenvalue weighted by molar-refractivity contribution is 7.80. The van der Waals surface area contributed by atoms with Crippen molar-refractivity contribution in [1.82, 2.24) is 0 Å². The normalized spacial score (nSPS) is 49.0. The van der Waals surface area contributed by atoms with Crippen molar-refractivity contribution < 1.29 is 62.0 Å². The third-order valence-electron chi connectivity index (χ3n) is 13.5. The van der Waals surface area contributed by atoms with Gasteiger partial charge in [-0.2, -0.15) is 8.42 Å². The lowest BCUT2D eigenvalue weighted by Crippen LogP contribution is -2.70. The maximum Gasteiger partial charge on any atom is 0.397 e. The van der Waals surface area contributed by atoms with Crippen molar-refractivity contribution in [2.75, 3.05) is 20.3 Å². The van der Waals surface area contributed by atoms with Crippen molar-refractivity contribution in [3.63, 3.8) is 0 Å². The summed E-state index contributed by atoms with van der Waals surface area (Å²) >= 11 is 0. The maximum atomic E-state index is 12.5. The van der Waals surface area contributed by atoms with Crippen molar-refractivity contribution >= 4 is 10.4 Å². The summed E-state index contributed by atoms with van der Waals surface area (Å²) in [5.41, 5.74) is -1.24. The summed E-state index contributed by atoms with van der Waals surface area (Å²) in [7, 11) is -3.49. The predicted octanol–water partition coefficient (Wildman–Crippen LogP) is 1.58. The van der Waals surface area contributed by atoms with E-state index < -0.39 is 82.3 Å². The van der Waals surface area contributed by atoms with Crippen LogP contribution < -0.4 is 0 Å². The maximum absolute atomic E-state index is 12.5. The van der Waals surface area contributed by atoms with E-state index >= 15 is 0 Å². The number of methoxy groups -OCH3 is 1. The van der Waals surface area contributed by atoms with E-state index in [4.69, 9.17) is 18.8 Å². The molecule has 1 saturated heterocycles. The molecule has 4 aliphatic carbocycles. The van der Waals surface area contributed by atoms with Crippen LogP contribution >= 0.6 is 0 Å². The number of hydrogen-bond donors (Lipinski definition) is 7. The Hall–Kier alpha value is -0.750. The minimum Gasteiger partial charge on any atom is -0.393 e. The molecule has 0 aromatic carbocycles. The molecule has 1 heterocycles. The number of rotatable bonds is 11. The van der Waals surface area contributed by atoms with Crippen LogP contribution in [0.2, 0.25) is 0 Å². The fourth-order valence-electron chi connectivity index (χ4n) is 11.2. The average Bonchev–Trinajstić information content (AvgIpc) is 3.27. The molecule has 13 nitrogen and oxygen atoms in total. The summed E-state index contributed by atoms with van der Waals surface area (Å²) in [5.74, 6) is -0.895. The lowest BCUT2D eigenvalue weighted by Gasteiger charge is -2.66. The first-order valence-electron chi connectivity index (χ1n) is 17.5. The summed E-state index contributed by atoms with van der Waals surface area (Å²) in [6, 6.07) is 0. The summed E-state index contributed by atoms with van der Waals surface area (Å²) in [6.45, 7) is 12.6. The molecule has 0 bridgehead atoms. The van der Waals surface area contributed by atoms with Gasteiger partial charge in [-0.1, -0.05) is 39.8 Å². The number of aliphatic hydroxyl groups is 6. The second-order valence-electron chi connectivity index (χ2n) is 16.2. The van der Waals surface area contributed by atoms with Gasteiger partial charge >= 0.3 is 10.4 Å². The zero-order chi connectivity index (χ0) is 35.6. The molecule has 5 rings (SSSR count). The van der Waals surface area contributed by atoms with E-state index in [0.29, 0.717) is 25.7 Å². The van der Waals surface area contributed by atoms with Crippen LogP contribution in [0.5, 0.6) is 0 Å². The molecule has 7 N–H and O–H groups in total. The Morgan fingerprint density at radius 1 is 1.00 bits per heavy atom. The number of fused-ring (bicyclic) bond motifs is 5. The third-order valence-corrected chi connectivity index (χ3v) is 14.0. The van der Waals surface area contributed by atoms with Gasteiger partial charge in [0.2, 0.25) is 0 Å². The van der Waals surface area contributed by atoms with Gasteiger partial charge in [0.25, 0.3) is 0 Å². The van der Waals surface area contributed by atoms with Crippen molar-refractivity contribution in [1.29, 1.82) is 0 Å². The molecule has 48 heavy (non-hydrogen) atoms. The van der Waals surface area contributed by atoms with Crippen LogP contribution in [-0.4, -0.2) is 119 Å². The van der Waals surface area contributed by atoms with Gasteiger partial charge in [-0.25, -0.2) is 4.18 Å². The van der Waals surface area contributed by atoms with E-state index in [9.17, 15) is 39.1 Å². The fourth-order valence-corrected chi connectivity index (χ4v) is 11.6. The van der Waals surface area contributed by atoms with E-state index in [-0.39, 0.29) is 48.7 Å². The molecule has 5 fully saturated rings. The minimum atomic E-state index is -4.77. The molecule has 1 aliphatic heterocycles. The Kier molecular flexibility index (Phi) is 11.2. The molecule has 0 aromatic heterocycles. The molecule has 278 valence electrons. The Morgan fingerprint density at radius 3 is 2.31 bits per heavy atom. The molecule has 0 amide bonds. The van der Waals surface area contributed by atoms with Gasteiger partial charge in [-0.05, 0) is 73.5 Å². The van der Waals surface area contributed by atoms with Crippen LogP contribution in [0.3, 0.4) is 0 Å². The monoisotopic (exact) mass is 706 g/mol. The minimum absolute atomic E-state index is 0.0766. The average molecular weight is 707 g/mol. The quantitative estimate of drug-likeness (QED) is 0.120. The van der Waals surface area contributed by atoms with Crippen LogP contribution in [-0.2, 0) is 28.8 Å². The van der Waals surface area contributed by atoms with Gasteiger partial charge in [0.05, 0.1) is 43.2 Å². The number of hydrogen-bond acceptors (Lipinski definition) is 12. The summed E-state index contributed by atoms with van der Waals surface area (Å²) in [5, 5.41) is 67.4. The Morgan fingerprint density at radius 2 is 1.67 bits per heavy atom. The summed E-state index contributed by atoms with van der Waals surface area (Å²) < 4.78 is 52.4. The van der Waals surface area contributed by atoms with Gasteiger partial charge in [-0.3, -0.25) is 4.55 Å². The SMILES string of the molecule is C=C(CCC(C)[C@H]1C[C@@H](O)C2[C@]3(O)C[C@H](O)C4[C@@H](O)[C@@H](O)CC[C@]4(C)C3CC[C@@]21C)C(C)CO[C@@H]1OC[C@@H](OS(=O)(=O)O)[C@H](OC)[C@H]1O. The smallest absolute Gasteiger partial charge is 0.393 e. The standard InChI is InChI=1S/C34H58O13S/c1-17(19(3)15-45-31-28(39)29(44-6)24(16-46-31)47-48(41,42)43)7-8-18(2)20-13-22(36)30-32(20,4)12-10-25-33(5)11-9-21(35)27(38)26(33)23(37)14-34(25,30)40/h18-31,35-40H,1,7-16H2,2-6H3,(H,41,42,43)/t18?,19?,20-,21+,22-,23+,24-,25?,26?,27+,28-,29+,30?,31-,32-,33-,34+/m1/s1. The molecule has 5 aliphatic rings. The second kappa shape index (κ2) is 14.0. The molecule has 0 aromatic rings. The molecule has 0 spiro atoms. The largest absolute Gasteiger partial charge is 0.397 e. The first-order chi connectivity index (χ1) is 22.3. The highest BCUT2D eigenvalue weighted by atomic mass is 32.3. The molecular formula is C34H58O13S. The summed E-state index contributed by atoms with van der Waals surface area (Å²) in [6.07, 6.45) is -3.73. The Labute approximate surface area is 284 Å². The topological polar surface area (TPSA) is 213 Å². The highest BCUT2D eigenvalue weighted by Crippen LogP contribution is 2.69. The van der Waals surface area contributed by atoms with Gasteiger partial charge in [-0.15, -0.1) is 0 Å². The highest BCUT2D eigenvalue weighted by Gasteiger charge is 2.71. The van der Waals surface area contributed by atoms with E-state index in [2.05, 4.69) is 24.6 Å². The molecule has 0 radical (unpaired) electrons. The van der Waals surface area contributed by atoms with Gasteiger partial charge in [0.15, 0.2) is 6.29 Å². The first kappa shape index (κ1) is 38.5. The van der Waals surface area contributed by atoms with Crippen LogP contribution in [0.1, 0.15) is 79.1 Å². The van der Waals surface area contributed by atoms with Gasteiger partial charge < -0.3 is 44.8 Å². The number of ether oxygens (including phenoxy) is 3. The van der Waals surface area contributed by atoms with Crippen LogP contribution in [0.25, 0.3) is 0 Å². The van der Waals surface area contributed by atoms with Crippen LogP contribution in [0, 0.1) is 46.3 Å². The summed E-state index contributed by atoms with van der Waals surface area (Å²) in [4.78, 5) is 0. The van der Waals surface area contributed by atoms with E-state index in [0.717, 1.165) is 24.8 Å². The fraction of sp³-hybridized carbons (Fsp3) is 0.941. The zero-order valence-corrected chi connectivity index (χ0v) is 29.7. The molecule has 4 saturated carbocycles. The van der Waals surface area contributed by atoms with Crippen molar-refractivity contribution in [2.24, 2.45) is 46.3 Å². The van der Waals surface area contributed by atoms with E-state index in [1.807, 2.05) is 13.8 Å². The van der Waals surface area contributed by atoms with E-state index in [1.165, 1.54) is 7.11 Å². The Bertz CT molecular complexity index is 1270. The van der Waals surface area contributed by atoms with Crippen molar-refractivity contribution in [3.05, 3.63) is 12.2 Å².